The molecule has 1 aromatic rings. The number of aliphatic carboxylic acids is 1. The van der Waals surface area contributed by atoms with E-state index in [9.17, 15) is 9.59 Å². The summed E-state index contributed by atoms with van der Waals surface area (Å²) >= 11 is 6.83. The molecule has 2 amide bonds. The Kier molecular flexibility index (Phi) is 4.70. The minimum absolute atomic E-state index is 0.252. The van der Waals surface area contributed by atoms with E-state index < -0.39 is 11.9 Å². The molecule has 0 radical (unpaired) electrons. The lowest BCUT2D eigenvalue weighted by Crippen LogP contribution is -2.34. The van der Waals surface area contributed by atoms with E-state index in [0.29, 0.717) is 18.7 Å². The van der Waals surface area contributed by atoms with Gasteiger partial charge in [0.25, 0.3) is 0 Å². The van der Waals surface area contributed by atoms with Crippen LogP contribution >= 0.6 is 31.9 Å². The lowest BCUT2D eigenvalue weighted by Gasteiger charge is -2.18. The molecule has 0 bridgehead atoms. The van der Waals surface area contributed by atoms with Crippen LogP contribution in [0.15, 0.2) is 21.1 Å². The topological polar surface area (TPSA) is 69.6 Å². The van der Waals surface area contributed by atoms with Gasteiger partial charge in [-0.05, 0) is 62.9 Å². The summed E-state index contributed by atoms with van der Waals surface area (Å²) in [4.78, 5) is 24.6. The third-order valence-electron chi connectivity index (χ3n) is 3.24. The van der Waals surface area contributed by atoms with E-state index >= 15 is 0 Å². The number of carboxylic acids is 1. The standard InChI is InChI=1S/C13H14Br2N2O3/c1-7-4-9(14)11(10(15)5-7)16-13(20)17-3-2-8(6-17)12(18)19/h4-5,8H,2-3,6H2,1H3,(H,16,20)(H,18,19). The van der Waals surface area contributed by atoms with Gasteiger partial charge in [-0.3, -0.25) is 4.79 Å². The average molecular weight is 406 g/mol. The fourth-order valence-corrected chi connectivity index (χ4v) is 3.77. The monoisotopic (exact) mass is 404 g/mol. The van der Waals surface area contributed by atoms with Crippen molar-refractivity contribution in [2.24, 2.45) is 5.92 Å². The number of anilines is 1. The van der Waals surface area contributed by atoms with Gasteiger partial charge >= 0.3 is 12.0 Å². The smallest absolute Gasteiger partial charge is 0.321 e. The minimum Gasteiger partial charge on any atom is -0.481 e. The first-order valence-corrected chi connectivity index (χ1v) is 7.71. The molecule has 1 aromatic carbocycles. The number of benzene rings is 1. The summed E-state index contributed by atoms with van der Waals surface area (Å²) < 4.78 is 1.57. The fraction of sp³-hybridized carbons (Fsp3) is 0.385. The Morgan fingerprint density at radius 2 is 1.95 bits per heavy atom. The number of rotatable bonds is 2. The van der Waals surface area contributed by atoms with Gasteiger partial charge in [-0.15, -0.1) is 0 Å². The van der Waals surface area contributed by atoms with Crippen LogP contribution in [0.2, 0.25) is 0 Å². The van der Waals surface area contributed by atoms with Crippen molar-refractivity contribution in [2.75, 3.05) is 18.4 Å². The zero-order valence-corrected chi connectivity index (χ0v) is 14.0. The first kappa shape index (κ1) is 15.3. The van der Waals surface area contributed by atoms with Crippen LogP contribution in [0.4, 0.5) is 10.5 Å². The van der Waals surface area contributed by atoms with Crippen molar-refractivity contribution < 1.29 is 14.7 Å². The van der Waals surface area contributed by atoms with Gasteiger partial charge in [-0.2, -0.15) is 0 Å². The lowest BCUT2D eigenvalue weighted by atomic mass is 10.1. The van der Waals surface area contributed by atoms with Crippen molar-refractivity contribution in [2.45, 2.75) is 13.3 Å². The molecule has 1 heterocycles. The average Bonchev–Trinajstić information content (AvgIpc) is 2.83. The van der Waals surface area contributed by atoms with Crippen LogP contribution in [-0.4, -0.2) is 35.1 Å². The van der Waals surface area contributed by atoms with Gasteiger partial charge in [0.15, 0.2) is 0 Å². The Labute approximate surface area is 133 Å². The zero-order chi connectivity index (χ0) is 14.9. The normalized spacial score (nSPS) is 18.1. The van der Waals surface area contributed by atoms with Crippen LogP contribution in [0.5, 0.6) is 0 Å². The van der Waals surface area contributed by atoms with E-state index in [-0.39, 0.29) is 12.6 Å². The first-order chi connectivity index (χ1) is 9.38. The van der Waals surface area contributed by atoms with Crippen molar-refractivity contribution in [3.63, 3.8) is 0 Å². The second-order valence-electron chi connectivity index (χ2n) is 4.80. The van der Waals surface area contributed by atoms with Crippen LogP contribution < -0.4 is 5.32 Å². The molecule has 1 saturated heterocycles. The Morgan fingerprint density at radius 3 is 2.45 bits per heavy atom. The predicted molar refractivity (Wildman–Crippen MR) is 82.9 cm³/mol. The van der Waals surface area contributed by atoms with Crippen molar-refractivity contribution in [1.82, 2.24) is 4.90 Å². The van der Waals surface area contributed by atoms with Crippen molar-refractivity contribution >= 4 is 49.5 Å². The van der Waals surface area contributed by atoms with E-state index in [1.165, 1.54) is 4.90 Å². The summed E-state index contributed by atoms with van der Waals surface area (Å²) in [6.45, 7) is 2.67. The molecule has 7 heteroatoms. The van der Waals surface area contributed by atoms with Crippen LogP contribution in [0.3, 0.4) is 0 Å². The maximum absolute atomic E-state index is 12.2. The number of hydrogen-bond acceptors (Lipinski definition) is 2. The Morgan fingerprint density at radius 1 is 1.35 bits per heavy atom. The van der Waals surface area contributed by atoms with Crippen molar-refractivity contribution in [1.29, 1.82) is 0 Å². The molecule has 0 saturated carbocycles. The number of halogens is 2. The van der Waals surface area contributed by atoms with Crippen molar-refractivity contribution in [3.05, 3.63) is 26.6 Å². The maximum Gasteiger partial charge on any atom is 0.321 e. The second kappa shape index (κ2) is 6.13. The number of nitrogens with zero attached hydrogens (tertiary/aromatic N) is 1. The molecule has 2 N–H and O–H groups in total. The molecule has 1 unspecified atom stereocenters. The fourth-order valence-electron chi connectivity index (χ4n) is 2.15. The maximum atomic E-state index is 12.2. The van der Waals surface area contributed by atoms with Gasteiger partial charge in [-0.25, -0.2) is 4.79 Å². The summed E-state index contributed by atoms with van der Waals surface area (Å²) in [5.41, 5.74) is 1.72. The summed E-state index contributed by atoms with van der Waals surface area (Å²) in [7, 11) is 0. The molecule has 108 valence electrons. The van der Waals surface area contributed by atoms with E-state index in [4.69, 9.17) is 5.11 Å². The van der Waals surface area contributed by atoms with E-state index in [0.717, 1.165) is 14.5 Å². The number of aryl methyl sites for hydroxylation is 1. The number of carboxylic acid groups (broad SMARTS) is 1. The predicted octanol–water partition coefficient (Wildman–Crippen LogP) is 3.46. The van der Waals surface area contributed by atoms with Crippen LogP contribution in [0.25, 0.3) is 0 Å². The number of nitrogens with one attached hydrogen (secondary N) is 1. The summed E-state index contributed by atoms with van der Waals surface area (Å²) in [5, 5.41) is 11.8. The molecule has 20 heavy (non-hydrogen) atoms. The van der Waals surface area contributed by atoms with E-state index in [2.05, 4.69) is 37.2 Å². The molecule has 1 aliphatic rings. The molecule has 1 aliphatic heterocycles. The van der Waals surface area contributed by atoms with Gasteiger partial charge in [0, 0.05) is 22.0 Å². The van der Waals surface area contributed by atoms with Gasteiger partial charge in [0.1, 0.15) is 0 Å². The molecular weight excluding hydrogens is 392 g/mol. The molecule has 5 nitrogen and oxygen atoms in total. The zero-order valence-electron chi connectivity index (χ0n) is 10.8. The molecular formula is C13H14Br2N2O3. The van der Waals surface area contributed by atoms with Crippen molar-refractivity contribution in [3.8, 4) is 0 Å². The number of likely N-dealkylation sites (tertiary alicyclic amines) is 1. The highest BCUT2D eigenvalue weighted by atomic mass is 79.9. The highest BCUT2D eigenvalue weighted by Gasteiger charge is 2.31. The quantitative estimate of drug-likeness (QED) is 0.791. The number of hydrogen-bond donors (Lipinski definition) is 2. The molecule has 0 aliphatic carbocycles. The van der Waals surface area contributed by atoms with Gasteiger partial charge in [-0.1, -0.05) is 0 Å². The SMILES string of the molecule is Cc1cc(Br)c(NC(=O)N2CCC(C(=O)O)C2)c(Br)c1. The van der Waals surface area contributed by atoms with Crippen LogP contribution in [0.1, 0.15) is 12.0 Å². The van der Waals surface area contributed by atoms with Gasteiger partial charge in [0.05, 0.1) is 11.6 Å². The van der Waals surface area contributed by atoms with Gasteiger partial charge in [0.2, 0.25) is 0 Å². The highest BCUT2D eigenvalue weighted by Crippen LogP contribution is 2.32. The largest absolute Gasteiger partial charge is 0.481 e. The minimum atomic E-state index is -0.849. The van der Waals surface area contributed by atoms with E-state index in [1.54, 1.807) is 0 Å². The molecule has 2 rings (SSSR count). The summed E-state index contributed by atoms with van der Waals surface area (Å²) in [5.74, 6) is -1.32. The molecule has 1 atom stereocenters. The summed E-state index contributed by atoms with van der Waals surface area (Å²) in [6, 6.07) is 3.54. The number of amides is 2. The third kappa shape index (κ3) is 3.32. The van der Waals surface area contributed by atoms with Crippen LogP contribution in [-0.2, 0) is 4.79 Å². The Hall–Kier alpha value is -1.08. The van der Waals surface area contributed by atoms with Gasteiger partial charge < -0.3 is 15.3 Å². The first-order valence-electron chi connectivity index (χ1n) is 6.13. The lowest BCUT2D eigenvalue weighted by molar-refractivity contribution is -0.141. The molecule has 1 fully saturated rings. The van der Waals surface area contributed by atoms with Crippen LogP contribution in [0, 0.1) is 12.8 Å². The molecule has 0 aromatic heterocycles. The van der Waals surface area contributed by atoms with E-state index in [1.807, 2.05) is 19.1 Å². The molecule has 0 spiro atoms. The second-order valence-corrected chi connectivity index (χ2v) is 6.51. The summed E-state index contributed by atoms with van der Waals surface area (Å²) in [6.07, 6.45) is 0.499. The highest BCUT2D eigenvalue weighted by molar-refractivity contribution is 9.11. The number of urea groups is 1. The number of carbonyl (C=O) groups is 2. The third-order valence-corrected chi connectivity index (χ3v) is 4.49. The number of carbonyl (C=O) groups excluding carboxylic acids is 1. The Bertz CT molecular complexity index is 540. The Balaban J connectivity index is 2.08.